The highest BCUT2D eigenvalue weighted by atomic mass is 32.1. The number of benzene rings is 1. The predicted molar refractivity (Wildman–Crippen MR) is 86.6 cm³/mol. The summed E-state index contributed by atoms with van der Waals surface area (Å²) >= 11 is 5.27. The third-order valence-corrected chi connectivity index (χ3v) is 4.47. The average Bonchev–Trinajstić information content (AvgIpc) is 3.11. The number of rotatable bonds is 4. The zero-order chi connectivity index (χ0) is 15.5. The zero-order valence-electron chi connectivity index (χ0n) is 12.2. The normalized spacial score (nSPS) is 21.0. The molecule has 0 aliphatic heterocycles. The first-order valence-electron chi connectivity index (χ1n) is 7.49. The van der Waals surface area contributed by atoms with E-state index < -0.39 is 0 Å². The number of aromatic amines is 1. The molecule has 0 saturated heterocycles. The van der Waals surface area contributed by atoms with Crippen LogP contribution in [0.25, 0.3) is 5.69 Å². The maximum Gasteiger partial charge on any atom is 0.269 e. The number of nitrogens with one attached hydrogen (secondary N) is 2. The Bertz CT molecular complexity index is 708. The fourth-order valence-corrected chi connectivity index (χ4v) is 3.20. The van der Waals surface area contributed by atoms with Crippen LogP contribution in [0, 0.1) is 10.7 Å². The number of carbonyl (C=O) groups excluding carboxylic acids is 1. The third-order valence-electron chi connectivity index (χ3n) is 4.17. The molecule has 1 fully saturated rings. The first kappa shape index (κ1) is 15.0. The van der Waals surface area contributed by atoms with Crippen molar-refractivity contribution >= 4 is 18.1 Å². The van der Waals surface area contributed by atoms with Crippen molar-refractivity contribution in [2.45, 2.75) is 25.4 Å². The van der Waals surface area contributed by atoms with E-state index in [1.165, 1.54) is 0 Å². The fourth-order valence-electron chi connectivity index (χ4n) is 2.94. The van der Waals surface area contributed by atoms with Gasteiger partial charge in [-0.25, -0.2) is 0 Å². The van der Waals surface area contributed by atoms with Gasteiger partial charge in [-0.05, 0) is 37.2 Å². The van der Waals surface area contributed by atoms with Gasteiger partial charge in [-0.1, -0.05) is 24.6 Å². The summed E-state index contributed by atoms with van der Waals surface area (Å²) in [4.78, 5) is 15.4. The summed E-state index contributed by atoms with van der Waals surface area (Å²) in [7, 11) is 0. The SMILES string of the molecule is O=C(NCC1CCCC1O)c1c[nH]c(=S)n1-c1ccccc1. The molecular formula is C16H19N3O2S. The van der Waals surface area contributed by atoms with Crippen molar-refractivity contribution < 1.29 is 9.90 Å². The van der Waals surface area contributed by atoms with Crippen molar-refractivity contribution in [1.29, 1.82) is 0 Å². The van der Waals surface area contributed by atoms with Crippen LogP contribution in [0.4, 0.5) is 0 Å². The Kier molecular flexibility index (Phi) is 4.40. The number of aliphatic hydroxyl groups excluding tert-OH is 1. The molecule has 6 heteroatoms. The second kappa shape index (κ2) is 6.46. The maximum absolute atomic E-state index is 12.4. The molecule has 1 aliphatic carbocycles. The van der Waals surface area contributed by atoms with E-state index in [9.17, 15) is 9.90 Å². The van der Waals surface area contributed by atoms with E-state index in [0.29, 0.717) is 17.0 Å². The van der Waals surface area contributed by atoms with Crippen LogP contribution < -0.4 is 5.32 Å². The minimum atomic E-state index is -0.303. The van der Waals surface area contributed by atoms with Gasteiger partial charge in [0.1, 0.15) is 5.69 Å². The van der Waals surface area contributed by atoms with Crippen LogP contribution in [0.3, 0.4) is 0 Å². The van der Waals surface area contributed by atoms with E-state index in [1.54, 1.807) is 10.8 Å². The minimum Gasteiger partial charge on any atom is -0.393 e. The van der Waals surface area contributed by atoms with E-state index in [4.69, 9.17) is 12.2 Å². The van der Waals surface area contributed by atoms with Crippen LogP contribution in [0.2, 0.25) is 0 Å². The summed E-state index contributed by atoms with van der Waals surface area (Å²) in [5, 5.41) is 12.7. The first-order chi connectivity index (χ1) is 10.7. The largest absolute Gasteiger partial charge is 0.393 e. The van der Waals surface area contributed by atoms with Gasteiger partial charge in [-0.2, -0.15) is 0 Å². The van der Waals surface area contributed by atoms with Crippen LogP contribution in [0.15, 0.2) is 36.5 Å². The molecule has 1 aliphatic rings. The summed E-state index contributed by atoms with van der Waals surface area (Å²) in [5.74, 6) is -0.0358. The van der Waals surface area contributed by atoms with E-state index in [-0.39, 0.29) is 17.9 Å². The number of amides is 1. The quantitative estimate of drug-likeness (QED) is 0.759. The number of aliphatic hydroxyl groups is 1. The van der Waals surface area contributed by atoms with Crippen molar-refractivity contribution in [2.75, 3.05) is 6.54 Å². The second-order valence-corrected chi connectivity index (χ2v) is 6.01. The number of para-hydroxylation sites is 1. The van der Waals surface area contributed by atoms with Gasteiger partial charge in [-0.15, -0.1) is 0 Å². The number of nitrogens with zero attached hydrogens (tertiary/aromatic N) is 1. The molecule has 2 unspecified atom stereocenters. The molecular weight excluding hydrogens is 298 g/mol. The number of hydrogen-bond acceptors (Lipinski definition) is 3. The van der Waals surface area contributed by atoms with Crippen molar-refractivity contribution in [2.24, 2.45) is 5.92 Å². The molecule has 1 amide bonds. The highest BCUT2D eigenvalue weighted by Gasteiger charge is 2.26. The molecule has 0 bridgehead atoms. The lowest BCUT2D eigenvalue weighted by molar-refractivity contribution is 0.0910. The molecule has 1 heterocycles. The average molecular weight is 317 g/mol. The summed E-state index contributed by atoms with van der Waals surface area (Å²) in [6, 6.07) is 9.53. The summed E-state index contributed by atoms with van der Waals surface area (Å²) < 4.78 is 2.20. The molecule has 0 radical (unpaired) electrons. The fraction of sp³-hybridized carbons (Fsp3) is 0.375. The summed E-state index contributed by atoms with van der Waals surface area (Å²) in [6.45, 7) is 0.493. The minimum absolute atomic E-state index is 0.149. The highest BCUT2D eigenvalue weighted by Crippen LogP contribution is 2.24. The smallest absolute Gasteiger partial charge is 0.269 e. The van der Waals surface area contributed by atoms with Crippen LogP contribution in [0.5, 0.6) is 0 Å². The van der Waals surface area contributed by atoms with Crippen LogP contribution in [-0.4, -0.2) is 33.2 Å². The Hall–Kier alpha value is -1.92. The van der Waals surface area contributed by atoms with E-state index in [0.717, 1.165) is 24.9 Å². The first-order valence-corrected chi connectivity index (χ1v) is 7.90. The van der Waals surface area contributed by atoms with Gasteiger partial charge >= 0.3 is 0 Å². The molecule has 1 aromatic carbocycles. The standard InChI is InChI=1S/C16H19N3O2S/c20-14-8-4-5-11(14)9-17-15(21)13-10-18-16(22)19(13)12-6-2-1-3-7-12/h1-3,6-7,10-11,14,20H,4-5,8-9H2,(H,17,21)(H,18,22). The van der Waals surface area contributed by atoms with Crippen LogP contribution in [0.1, 0.15) is 29.8 Å². The van der Waals surface area contributed by atoms with Gasteiger partial charge < -0.3 is 15.4 Å². The Labute approximate surface area is 134 Å². The lowest BCUT2D eigenvalue weighted by Crippen LogP contribution is -2.33. The Morgan fingerprint density at radius 1 is 1.36 bits per heavy atom. The van der Waals surface area contributed by atoms with Crippen molar-refractivity contribution in [3.63, 3.8) is 0 Å². The van der Waals surface area contributed by atoms with Crippen molar-refractivity contribution in [3.05, 3.63) is 47.0 Å². The number of H-pyrrole nitrogens is 1. The predicted octanol–water partition coefficient (Wildman–Crippen LogP) is 2.43. The molecule has 1 aromatic heterocycles. The van der Waals surface area contributed by atoms with Gasteiger partial charge in [0.25, 0.3) is 5.91 Å². The van der Waals surface area contributed by atoms with E-state index >= 15 is 0 Å². The zero-order valence-corrected chi connectivity index (χ0v) is 13.0. The second-order valence-electron chi connectivity index (χ2n) is 5.62. The van der Waals surface area contributed by atoms with Gasteiger partial charge in [0.15, 0.2) is 4.77 Å². The monoisotopic (exact) mass is 317 g/mol. The topological polar surface area (TPSA) is 70.1 Å². The maximum atomic E-state index is 12.4. The summed E-state index contributed by atoms with van der Waals surface area (Å²) in [6.07, 6.45) is 4.12. The van der Waals surface area contributed by atoms with Crippen molar-refractivity contribution in [1.82, 2.24) is 14.9 Å². The molecule has 2 aromatic rings. The molecule has 1 saturated carbocycles. The van der Waals surface area contributed by atoms with E-state index in [2.05, 4.69) is 10.3 Å². The van der Waals surface area contributed by atoms with Crippen molar-refractivity contribution in [3.8, 4) is 5.69 Å². The number of carbonyl (C=O) groups is 1. The van der Waals surface area contributed by atoms with Gasteiger partial charge in [0.05, 0.1) is 6.10 Å². The molecule has 3 rings (SSSR count). The van der Waals surface area contributed by atoms with E-state index in [1.807, 2.05) is 30.3 Å². The number of hydrogen-bond donors (Lipinski definition) is 3. The molecule has 0 spiro atoms. The van der Waals surface area contributed by atoms with Gasteiger partial charge in [0.2, 0.25) is 0 Å². The number of aromatic nitrogens is 2. The third kappa shape index (κ3) is 2.98. The lowest BCUT2D eigenvalue weighted by atomic mass is 10.1. The highest BCUT2D eigenvalue weighted by molar-refractivity contribution is 7.71. The molecule has 5 nitrogen and oxygen atoms in total. The molecule has 22 heavy (non-hydrogen) atoms. The van der Waals surface area contributed by atoms with Gasteiger partial charge in [-0.3, -0.25) is 9.36 Å². The van der Waals surface area contributed by atoms with Crippen LogP contribution >= 0.6 is 12.2 Å². The Balaban J connectivity index is 1.77. The van der Waals surface area contributed by atoms with Gasteiger partial charge in [0, 0.05) is 24.3 Å². The lowest BCUT2D eigenvalue weighted by Gasteiger charge is -2.15. The van der Waals surface area contributed by atoms with Crippen LogP contribution in [-0.2, 0) is 0 Å². The molecule has 116 valence electrons. The Morgan fingerprint density at radius 3 is 2.82 bits per heavy atom. The molecule has 3 N–H and O–H groups in total. The summed E-state index contributed by atoms with van der Waals surface area (Å²) in [5.41, 5.74) is 1.32. The number of imidazole rings is 1. The molecule has 2 atom stereocenters. The Morgan fingerprint density at radius 2 is 2.14 bits per heavy atom.